The molecule has 2 rings (SSSR count). The van der Waals surface area contributed by atoms with Crippen molar-refractivity contribution in [2.24, 2.45) is 5.92 Å². The first-order chi connectivity index (χ1) is 8.82. The maximum absolute atomic E-state index is 13.1. The van der Waals surface area contributed by atoms with Crippen LogP contribution in [-0.4, -0.2) is 12.5 Å². The van der Waals surface area contributed by atoms with E-state index >= 15 is 0 Å². The van der Waals surface area contributed by atoms with Crippen molar-refractivity contribution in [1.82, 2.24) is 0 Å². The number of benzene rings is 1. The lowest BCUT2D eigenvalue weighted by Crippen LogP contribution is -2.25. The molecule has 0 bridgehead atoms. The summed E-state index contributed by atoms with van der Waals surface area (Å²) in [6.45, 7) is 0.0261. The van der Waals surface area contributed by atoms with Crippen molar-refractivity contribution < 1.29 is 22.4 Å². The zero-order valence-electron chi connectivity index (χ0n) is 9.54. The van der Waals surface area contributed by atoms with E-state index in [-0.39, 0.29) is 18.7 Å². The fraction of sp³-hybridized carbons (Fsp3) is 0.333. The van der Waals surface area contributed by atoms with Gasteiger partial charge in [-0.1, -0.05) is 0 Å². The van der Waals surface area contributed by atoms with Crippen LogP contribution in [0, 0.1) is 23.1 Å². The van der Waals surface area contributed by atoms with E-state index in [9.17, 15) is 22.4 Å². The number of anilines is 1. The summed E-state index contributed by atoms with van der Waals surface area (Å²) in [6, 6.07) is 4.25. The quantitative estimate of drug-likeness (QED) is 0.738. The first-order valence-electron chi connectivity index (χ1n) is 5.39. The summed E-state index contributed by atoms with van der Waals surface area (Å²) in [5.41, 5.74) is -1.46. The molecule has 1 fully saturated rings. The molecular weight excluding hydrogens is 264 g/mol. The van der Waals surface area contributed by atoms with Gasteiger partial charge in [0.15, 0.2) is 0 Å². The molecule has 19 heavy (non-hydrogen) atoms. The van der Waals surface area contributed by atoms with Gasteiger partial charge in [-0.3, -0.25) is 4.79 Å². The predicted molar refractivity (Wildman–Crippen MR) is 57.5 cm³/mol. The number of halogens is 4. The topological polar surface area (TPSA) is 44.1 Å². The van der Waals surface area contributed by atoms with Crippen molar-refractivity contribution in [2.75, 3.05) is 11.4 Å². The number of rotatable bonds is 1. The van der Waals surface area contributed by atoms with Crippen LogP contribution in [0.15, 0.2) is 18.2 Å². The van der Waals surface area contributed by atoms with E-state index in [0.717, 1.165) is 11.0 Å². The summed E-state index contributed by atoms with van der Waals surface area (Å²) < 4.78 is 50.8. The van der Waals surface area contributed by atoms with E-state index < -0.39 is 29.4 Å². The summed E-state index contributed by atoms with van der Waals surface area (Å²) in [5, 5.41) is 8.71. The summed E-state index contributed by atoms with van der Waals surface area (Å²) >= 11 is 0. The Hall–Kier alpha value is -2.10. The smallest absolute Gasteiger partial charge is 0.311 e. The van der Waals surface area contributed by atoms with Gasteiger partial charge in [0.1, 0.15) is 5.82 Å². The molecule has 3 nitrogen and oxygen atoms in total. The highest BCUT2D eigenvalue weighted by Crippen LogP contribution is 2.35. The van der Waals surface area contributed by atoms with E-state index in [1.165, 1.54) is 0 Å². The Morgan fingerprint density at radius 3 is 2.58 bits per heavy atom. The third kappa shape index (κ3) is 2.52. The lowest BCUT2D eigenvalue weighted by molar-refractivity contribution is -0.140. The van der Waals surface area contributed by atoms with Gasteiger partial charge < -0.3 is 4.90 Å². The predicted octanol–water partition coefficient (Wildman–Crippen LogP) is 2.72. The van der Waals surface area contributed by atoms with E-state index in [2.05, 4.69) is 0 Å². The highest BCUT2D eigenvalue weighted by atomic mass is 19.4. The third-order valence-corrected chi connectivity index (χ3v) is 2.87. The number of nitriles is 1. The average molecular weight is 272 g/mol. The van der Waals surface area contributed by atoms with Crippen LogP contribution >= 0.6 is 0 Å². The summed E-state index contributed by atoms with van der Waals surface area (Å²) in [4.78, 5) is 12.7. The molecule has 1 saturated heterocycles. The van der Waals surface area contributed by atoms with Gasteiger partial charge in [0.2, 0.25) is 5.91 Å². The van der Waals surface area contributed by atoms with E-state index in [4.69, 9.17) is 5.26 Å². The van der Waals surface area contributed by atoms with Crippen molar-refractivity contribution in [3.8, 4) is 6.07 Å². The number of hydrogen-bond donors (Lipinski definition) is 0. The molecule has 0 radical (unpaired) electrons. The Bertz CT molecular complexity index is 562. The standard InChI is InChI=1S/C12H8F4N2O/c13-10-2-1-8(4-9(10)12(14,15)16)18-6-7(5-17)3-11(18)19/h1-2,4,7H,3,6H2. The Morgan fingerprint density at radius 1 is 1.37 bits per heavy atom. The highest BCUT2D eigenvalue weighted by Gasteiger charge is 2.36. The van der Waals surface area contributed by atoms with Gasteiger partial charge in [0.25, 0.3) is 0 Å². The van der Waals surface area contributed by atoms with E-state index in [0.29, 0.717) is 12.1 Å². The fourth-order valence-corrected chi connectivity index (χ4v) is 1.94. The minimum absolute atomic E-state index is 0.0261. The number of alkyl halides is 3. The van der Waals surface area contributed by atoms with Gasteiger partial charge in [-0.2, -0.15) is 18.4 Å². The van der Waals surface area contributed by atoms with Gasteiger partial charge in [-0.05, 0) is 18.2 Å². The molecule has 1 aliphatic heterocycles. The van der Waals surface area contributed by atoms with Gasteiger partial charge >= 0.3 is 6.18 Å². The number of carbonyl (C=O) groups excluding carboxylic acids is 1. The van der Waals surface area contributed by atoms with E-state index in [1.807, 2.05) is 6.07 Å². The van der Waals surface area contributed by atoms with Crippen molar-refractivity contribution >= 4 is 11.6 Å². The molecule has 0 spiro atoms. The normalized spacial score (nSPS) is 19.6. The number of carbonyl (C=O) groups is 1. The number of amides is 1. The maximum atomic E-state index is 13.1. The van der Waals surface area contributed by atoms with E-state index in [1.54, 1.807) is 0 Å². The second-order valence-electron chi connectivity index (χ2n) is 4.20. The second kappa shape index (κ2) is 4.53. The van der Waals surface area contributed by atoms with Crippen LogP contribution in [-0.2, 0) is 11.0 Å². The molecule has 0 aromatic heterocycles. The first kappa shape index (κ1) is 13.3. The summed E-state index contributed by atoms with van der Waals surface area (Å²) in [5.74, 6) is -2.38. The van der Waals surface area contributed by atoms with Crippen LogP contribution in [0.1, 0.15) is 12.0 Å². The van der Waals surface area contributed by atoms with Crippen molar-refractivity contribution in [2.45, 2.75) is 12.6 Å². The Labute approximate surface area is 106 Å². The minimum Gasteiger partial charge on any atom is -0.311 e. The van der Waals surface area contributed by atoms with Crippen LogP contribution in [0.5, 0.6) is 0 Å². The van der Waals surface area contributed by atoms with Crippen LogP contribution < -0.4 is 4.90 Å². The lowest BCUT2D eigenvalue weighted by Gasteiger charge is -2.18. The van der Waals surface area contributed by atoms with Crippen molar-refractivity contribution in [1.29, 1.82) is 5.26 Å². The fourth-order valence-electron chi connectivity index (χ4n) is 1.94. The molecule has 1 unspecified atom stereocenters. The maximum Gasteiger partial charge on any atom is 0.419 e. The molecule has 1 aliphatic rings. The van der Waals surface area contributed by atoms with Crippen molar-refractivity contribution in [3.05, 3.63) is 29.6 Å². The Kier molecular flexibility index (Phi) is 3.18. The number of nitrogens with zero attached hydrogens (tertiary/aromatic N) is 2. The van der Waals surface area contributed by atoms with Crippen LogP contribution in [0.25, 0.3) is 0 Å². The van der Waals surface area contributed by atoms with Gasteiger partial charge in [0.05, 0.1) is 17.6 Å². The molecule has 0 aliphatic carbocycles. The number of hydrogen-bond acceptors (Lipinski definition) is 2. The first-order valence-corrected chi connectivity index (χ1v) is 5.39. The van der Waals surface area contributed by atoms with Gasteiger partial charge in [-0.15, -0.1) is 0 Å². The van der Waals surface area contributed by atoms with Crippen LogP contribution in [0.4, 0.5) is 23.2 Å². The molecule has 1 heterocycles. The molecular formula is C12H8F4N2O. The molecule has 1 amide bonds. The van der Waals surface area contributed by atoms with Gasteiger partial charge in [-0.25, -0.2) is 4.39 Å². The molecule has 0 N–H and O–H groups in total. The van der Waals surface area contributed by atoms with Crippen molar-refractivity contribution in [3.63, 3.8) is 0 Å². The lowest BCUT2D eigenvalue weighted by atomic mass is 10.1. The molecule has 1 aromatic rings. The van der Waals surface area contributed by atoms with Crippen LogP contribution in [0.3, 0.4) is 0 Å². The Balaban J connectivity index is 2.38. The molecule has 1 aromatic carbocycles. The molecule has 0 saturated carbocycles. The highest BCUT2D eigenvalue weighted by molar-refractivity contribution is 5.96. The molecule has 100 valence electrons. The monoisotopic (exact) mass is 272 g/mol. The zero-order valence-corrected chi connectivity index (χ0v) is 9.54. The second-order valence-corrected chi connectivity index (χ2v) is 4.20. The SMILES string of the molecule is N#CC1CC(=O)N(c2ccc(F)c(C(F)(F)F)c2)C1. The molecule has 1 atom stereocenters. The Morgan fingerprint density at radius 2 is 2.05 bits per heavy atom. The van der Waals surface area contributed by atoms with Gasteiger partial charge in [0, 0.05) is 18.7 Å². The van der Waals surface area contributed by atoms with Crippen LogP contribution in [0.2, 0.25) is 0 Å². The average Bonchev–Trinajstić information content (AvgIpc) is 2.70. The zero-order chi connectivity index (χ0) is 14.2. The summed E-state index contributed by atoms with van der Waals surface area (Å²) in [6.07, 6.45) is -4.85. The molecule has 7 heteroatoms. The summed E-state index contributed by atoms with van der Waals surface area (Å²) in [7, 11) is 0. The third-order valence-electron chi connectivity index (χ3n) is 2.87. The largest absolute Gasteiger partial charge is 0.419 e. The minimum atomic E-state index is -4.82.